The van der Waals surface area contributed by atoms with Gasteiger partial charge in [-0.25, -0.2) is 9.37 Å². The van der Waals surface area contributed by atoms with Gasteiger partial charge in [0, 0.05) is 25.2 Å². The normalized spacial score (nSPS) is 19.4. The Kier molecular flexibility index (Phi) is 5.90. The van der Waals surface area contributed by atoms with Crippen molar-refractivity contribution < 1.29 is 9.18 Å². The molecule has 5 nitrogen and oxygen atoms in total. The van der Waals surface area contributed by atoms with Gasteiger partial charge in [-0.3, -0.25) is 4.79 Å². The summed E-state index contributed by atoms with van der Waals surface area (Å²) < 4.78 is 14.0. The second-order valence-corrected chi connectivity index (χ2v) is 7.70. The first-order valence-corrected chi connectivity index (χ1v) is 10.4. The Morgan fingerprint density at radius 2 is 2.03 bits per heavy atom. The maximum Gasteiger partial charge on any atom is 0.289 e. The van der Waals surface area contributed by atoms with Crippen molar-refractivity contribution in [2.24, 2.45) is 0 Å². The van der Waals surface area contributed by atoms with Crippen LogP contribution < -0.4 is 5.32 Å². The van der Waals surface area contributed by atoms with E-state index in [0.29, 0.717) is 18.1 Å². The third-order valence-electron chi connectivity index (χ3n) is 5.79. The first-order chi connectivity index (χ1) is 14.2. The Bertz CT molecular complexity index is 971. The molecule has 152 valence electrons. The highest BCUT2D eigenvalue weighted by Gasteiger charge is 2.30. The predicted octanol–water partition coefficient (Wildman–Crippen LogP) is 4.27. The molecule has 2 atom stereocenters. The van der Waals surface area contributed by atoms with E-state index in [1.54, 1.807) is 12.1 Å². The molecule has 0 bridgehead atoms. The standard InChI is InChI=1S/C23H27FN4O/c1-2-28(23(29)22-26-20-13-7-12-19(24)21(20)27-22)18-11-6-10-17(14-18)25-15-16-8-4-3-5-9-16/h3-5,7-9,12-13,17-18,25H,2,6,10-11,14-15H2,1H3,(H,26,27). The van der Waals surface area contributed by atoms with Gasteiger partial charge < -0.3 is 15.2 Å². The number of carbonyl (C=O) groups is 1. The Labute approximate surface area is 170 Å². The monoisotopic (exact) mass is 394 g/mol. The summed E-state index contributed by atoms with van der Waals surface area (Å²) in [5.74, 6) is -0.355. The number of hydrogen-bond donors (Lipinski definition) is 2. The second-order valence-electron chi connectivity index (χ2n) is 7.70. The first-order valence-electron chi connectivity index (χ1n) is 10.4. The summed E-state index contributed by atoms with van der Waals surface area (Å²) in [7, 11) is 0. The largest absolute Gasteiger partial charge is 0.334 e. The molecule has 1 amide bonds. The average Bonchev–Trinajstić information content (AvgIpc) is 3.20. The van der Waals surface area contributed by atoms with Crippen molar-refractivity contribution in [3.63, 3.8) is 0 Å². The molecule has 1 fully saturated rings. The maximum atomic E-state index is 14.0. The number of aromatic amines is 1. The molecule has 1 heterocycles. The molecule has 1 saturated carbocycles. The molecular weight excluding hydrogens is 367 g/mol. The van der Waals surface area contributed by atoms with Crippen LogP contribution in [0.1, 0.15) is 48.8 Å². The van der Waals surface area contributed by atoms with Gasteiger partial charge in [-0.2, -0.15) is 0 Å². The number of hydrogen-bond acceptors (Lipinski definition) is 3. The van der Waals surface area contributed by atoms with Crippen LogP contribution in [0.2, 0.25) is 0 Å². The van der Waals surface area contributed by atoms with Crippen molar-refractivity contribution in [3.05, 3.63) is 65.7 Å². The van der Waals surface area contributed by atoms with Gasteiger partial charge in [0.2, 0.25) is 0 Å². The van der Waals surface area contributed by atoms with E-state index in [1.165, 1.54) is 11.6 Å². The van der Waals surface area contributed by atoms with Crippen molar-refractivity contribution in [2.45, 2.75) is 51.2 Å². The summed E-state index contributed by atoms with van der Waals surface area (Å²) in [5.41, 5.74) is 2.04. The Balaban J connectivity index is 1.44. The van der Waals surface area contributed by atoms with Gasteiger partial charge in [0.25, 0.3) is 5.91 Å². The molecule has 2 N–H and O–H groups in total. The molecule has 0 saturated heterocycles. The van der Waals surface area contributed by atoms with E-state index in [1.807, 2.05) is 30.0 Å². The number of amides is 1. The Hall–Kier alpha value is -2.73. The molecule has 1 aromatic heterocycles. The summed E-state index contributed by atoms with van der Waals surface area (Å²) in [6.45, 7) is 3.43. The van der Waals surface area contributed by atoms with E-state index in [-0.39, 0.29) is 23.3 Å². The number of benzene rings is 2. The van der Waals surface area contributed by atoms with Crippen molar-refractivity contribution in [1.29, 1.82) is 0 Å². The van der Waals surface area contributed by atoms with Crippen LogP contribution in [0.3, 0.4) is 0 Å². The molecular formula is C23H27FN4O. The van der Waals surface area contributed by atoms with E-state index in [4.69, 9.17) is 0 Å². The van der Waals surface area contributed by atoms with E-state index in [0.717, 1.165) is 32.2 Å². The SMILES string of the molecule is CCN(C(=O)c1nc2c(F)cccc2[nH]1)C1CCCC(NCc2ccccc2)C1. The molecule has 1 aliphatic rings. The van der Waals surface area contributed by atoms with Crippen LogP contribution in [0.15, 0.2) is 48.5 Å². The van der Waals surface area contributed by atoms with Crippen molar-refractivity contribution in [1.82, 2.24) is 20.2 Å². The number of halogens is 1. The number of imidazole rings is 1. The van der Waals surface area contributed by atoms with Crippen molar-refractivity contribution in [2.75, 3.05) is 6.54 Å². The molecule has 29 heavy (non-hydrogen) atoms. The molecule has 1 aliphatic carbocycles. The highest BCUT2D eigenvalue weighted by molar-refractivity contribution is 5.94. The van der Waals surface area contributed by atoms with Crippen LogP contribution in [-0.4, -0.2) is 39.4 Å². The van der Waals surface area contributed by atoms with Crippen LogP contribution in [0.5, 0.6) is 0 Å². The van der Waals surface area contributed by atoms with Crippen molar-refractivity contribution >= 4 is 16.9 Å². The minimum Gasteiger partial charge on any atom is -0.334 e. The fraction of sp³-hybridized carbons (Fsp3) is 0.391. The molecule has 6 heteroatoms. The number of rotatable bonds is 6. The summed E-state index contributed by atoms with van der Waals surface area (Å²) in [5, 5.41) is 3.64. The summed E-state index contributed by atoms with van der Waals surface area (Å²) >= 11 is 0. The lowest BCUT2D eigenvalue weighted by atomic mass is 9.89. The first kappa shape index (κ1) is 19.6. The summed E-state index contributed by atoms with van der Waals surface area (Å²) in [6, 6.07) is 15.6. The third kappa shape index (κ3) is 4.32. The molecule has 3 aromatic rings. The lowest BCUT2D eigenvalue weighted by Gasteiger charge is -2.37. The van der Waals surface area contributed by atoms with Gasteiger partial charge in [0.15, 0.2) is 11.6 Å². The van der Waals surface area contributed by atoms with Gasteiger partial charge in [0.05, 0.1) is 5.52 Å². The van der Waals surface area contributed by atoms with Crippen LogP contribution in [0, 0.1) is 5.82 Å². The third-order valence-corrected chi connectivity index (χ3v) is 5.79. The number of para-hydroxylation sites is 1. The van der Waals surface area contributed by atoms with Gasteiger partial charge in [0.1, 0.15) is 5.52 Å². The van der Waals surface area contributed by atoms with E-state index >= 15 is 0 Å². The summed E-state index contributed by atoms with van der Waals surface area (Å²) in [6.07, 6.45) is 4.10. The van der Waals surface area contributed by atoms with Gasteiger partial charge >= 0.3 is 0 Å². The van der Waals surface area contributed by atoms with E-state index in [9.17, 15) is 9.18 Å². The molecule has 0 spiro atoms. The number of fused-ring (bicyclic) bond motifs is 1. The predicted molar refractivity (Wildman–Crippen MR) is 112 cm³/mol. The number of nitrogens with zero attached hydrogens (tertiary/aromatic N) is 2. The van der Waals surface area contributed by atoms with Crippen LogP contribution in [0.4, 0.5) is 4.39 Å². The fourth-order valence-electron chi connectivity index (χ4n) is 4.29. The number of nitrogens with one attached hydrogen (secondary N) is 2. The number of aromatic nitrogens is 2. The Morgan fingerprint density at radius 1 is 1.21 bits per heavy atom. The highest BCUT2D eigenvalue weighted by atomic mass is 19.1. The summed E-state index contributed by atoms with van der Waals surface area (Å²) in [4.78, 5) is 22.2. The van der Waals surface area contributed by atoms with Crippen molar-refractivity contribution in [3.8, 4) is 0 Å². The minimum atomic E-state index is -0.413. The van der Waals surface area contributed by atoms with Gasteiger partial charge in [-0.15, -0.1) is 0 Å². The van der Waals surface area contributed by atoms with Crippen LogP contribution in [0.25, 0.3) is 11.0 Å². The van der Waals surface area contributed by atoms with E-state index < -0.39 is 5.82 Å². The molecule has 0 aliphatic heterocycles. The second kappa shape index (κ2) is 8.74. The molecule has 0 radical (unpaired) electrons. The number of H-pyrrole nitrogens is 1. The zero-order chi connectivity index (χ0) is 20.2. The minimum absolute atomic E-state index is 0.156. The van der Waals surface area contributed by atoms with Crippen LogP contribution in [-0.2, 0) is 6.54 Å². The topological polar surface area (TPSA) is 61.0 Å². The lowest BCUT2D eigenvalue weighted by molar-refractivity contribution is 0.0617. The maximum absolute atomic E-state index is 14.0. The molecule has 2 aromatic carbocycles. The molecule has 4 rings (SSSR count). The number of carbonyl (C=O) groups excluding carboxylic acids is 1. The van der Waals surface area contributed by atoms with Crippen LogP contribution >= 0.6 is 0 Å². The van der Waals surface area contributed by atoms with Gasteiger partial charge in [-0.05, 0) is 50.3 Å². The smallest absolute Gasteiger partial charge is 0.289 e. The molecule has 2 unspecified atom stereocenters. The lowest BCUT2D eigenvalue weighted by Crippen LogP contribution is -2.47. The Morgan fingerprint density at radius 3 is 2.79 bits per heavy atom. The zero-order valence-electron chi connectivity index (χ0n) is 16.7. The quantitative estimate of drug-likeness (QED) is 0.657. The van der Waals surface area contributed by atoms with E-state index in [2.05, 4.69) is 27.4 Å². The zero-order valence-corrected chi connectivity index (χ0v) is 16.7. The van der Waals surface area contributed by atoms with Gasteiger partial charge in [-0.1, -0.05) is 36.4 Å². The highest BCUT2D eigenvalue weighted by Crippen LogP contribution is 2.25. The average molecular weight is 394 g/mol. The fourth-order valence-corrected chi connectivity index (χ4v) is 4.29.